The lowest BCUT2D eigenvalue weighted by molar-refractivity contribution is 0.0924. The summed E-state index contributed by atoms with van der Waals surface area (Å²) >= 11 is 0. The van der Waals surface area contributed by atoms with Crippen LogP contribution < -0.4 is 14.8 Å². The summed E-state index contributed by atoms with van der Waals surface area (Å²) in [5.41, 5.74) is 1.73. The third-order valence-electron chi connectivity index (χ3n) is 4.41. The van der Waals surface area contributed by atoms with Crippen molar-refractivity contribution < 1.29 is 19.0 Å². The van der Waals surface area contributed by atoms with Crippen molar-refractivity contribution in [3.05, 3.63) is 53.9 Å². The number of carbonyl (C=O) groups is 1. The molecule has 25 heavy (non-hydrogen) atoms. The molecule has 0 saturated carbocycles. The fraction of sp³-hybridized carbons (Fsp3) is 0.368. The number of nitrogens with zero attached hydrogens (tertiary/aromatic N) is 1. The molecule has 0 aliphatic carbocycles. The van der Waals surface area contributed by atoms with Crippen molar-refractivity contribution >= 4 is 5.91 Å². The zero-order valence-corrected chi connectivity index (χ0v) is 14.4. The number of methoxy groups -OCH3 is 2. The number of benzene rings is 1. The summed E-state index contributed by atoms with van der Waals surface area (Å²) in [6, 6.07) is 9.10. The molecule has 1 aliphatic heterocycles. The number of carbonyl (C=O) groups excluding carboxylic acids is 1. The van der Waals surface area contributed by atoms with Crippen LogP contribution in [0.4, 0.5) is 0 Å². The van der Waals surface area contributed by atoms with E-state index in [4.69, 9.17) is 14.2 Å². The normalized spacial score (nSPS) is 19.4. The highest BCUT2D eigenvalue weighted by Crippen LogP contribution is 2.28. The summed E-state index contributed by atoms with van der Waals surface area (Å²) in [4.78, 5) is 16.6. The monoisotopic (exact) mass is 342 g/mol. The highest BCUT2D eigenvalue weighted by Gasteiger charge is 2.30. The van der Waals surface area contributed by atoms with Crippen LogP contribution in [0.5, 0.6) is 11.5 Å². The molecule has 1 saturated heterocycles. The Labute approximate surface area is 147 Å². The fourth-order valence-corrected chi connectivity index (χ4v) is 3.01. The van der Waals surface area contributed by atoms with Crippen molar-refractivity contribution in [2.24, 2.45) is 5.92 Å². The molecule has 132 valence electrons. The minimum absolute atomic E-state index is 0.0197. The van der Waals surface area contributed by atoms with Crippen molar-refractivity contribution in [1.82, 2.24) is 10.3 Å². The average Bonchev–Trinajstić information content (AvgIpc) is 3.08. The second-order valence-corrected chi connectivity index (χ2v) is 6.01. The Morgan fingerprint density at radius 2 is 1.92 bits per heavy atom. The van der Waals surface area contributed by atoms with Crippen LogP contribution in [0, 0.1) is 5.92 Å². The number of pyridine rings is 1. The van der Waals surface area contributed by atoms with E-state index in [1.807, 2.05) is 12.1 Å². The fourth-order valence-electron chi connectivity index (χ4n) is 3.01. The first-order valence-corrected chi connectivity index (χ1v) is 8.20. The van der Waals surface area contributed by atoms with Crippen LogP contribution in [0.25, 0.3) is 0 Å². The third-order valence-corrected chi connectivity index (χ3v) is 4.41. The van der Waals surface area contributed by atoms with Crippen LogP contribution in [-0.4, -0.2) is 44.4 Å². The van der Waals surface area contributed by atoms with Gasteiger partial charge in [0.15, 0.2) is 11.5 Å². The molecule has 1 N–H and O–H groups in total. The number of hydrogen-bond donors (Lipinski definition) is 1. The topological polar surface area (TPSA) is 69.7 Å². The number of ether oxygens (including phenoxy) is 3. The van der Waals surface area contributed by atoms with E-state index in [2.05, 4.69) is 10.3 Å². The van der Waals surface area contributed by atoms with Gasteiger partial charge in [-0.25, -0.2) is 0 Å². The summed E-state index contributed by atoms with van der Waals surface area (Å²) in [6.45, 7) is 1.16. The van der Waals surface area contributed by atoms with E-state index in [1.54, 1.807) is 44.8 Å². The maximum Gasteiger partial charge on any atom is 0.251 e. The van der Waals surface area contributed by atoms with Crippen molar-refractivity contribution in [3.8, 4) is 11.5 Å². The van der Waals surface area contributed by atoms with Gasteiger partial charge >= 0.3 is 0 Å². The molecule has 6 nitrogen and oxygen atoms in total. The summed E-state index contributed by atoms with van der Waals surface area (Å²) in [5.74, 6) is 1.23. The molecular weight excluding hydrogens is 320 g/mol. The molecule has 1 aromatic carbocycles. The highest BCUT2D eigenvalue weighted by molar-refractivity contribution is 5.95. The number of amides is 1. The number of aromatic nitrogens is 1. The smallest absolute Gasteiger partial charge is 0.251 e. The predicted octanol–water partition coefficient (Wildman–Crippen LogP) is 2.09. The van der Waals surface area contributed by atoms with Gasteiger partial charge in [-0.1, -0.05) is 0 Å². The molecule has 2 aromatic rings. The largest absolute Gasteiger partial charge is 0.493 e. The summed E-state index contributed by atoms with van der Waals surface area (Å²) in [6.07, 6.45) is 4.41. The Hall–Kier alpha value is -2.60. The van der Waals surface area contributed by atoms with Crippen LogP contribution in [0.15, 0.2) is 42.7 Å². The Kier molecular flexibility index (Phi) is 5.50. The van der Waals surface area contributed by atoms with E-state index in [-0.39, 0.29) is 17.9 Å². The summed E-state index contributed by atoms with van der Waals surface area (Å²) < 4.78 is 16.1. The first-order chi connectivity index (χ1) is 12.2. The molecule has 3 rings (SSSR count). The lowest BCUT2D eigenvalue weighted by atomic mass is 9.95. The van der Waals surface area contributed by atoms with Crippen LogP contribution in [-0.2, 0) is 11.2 Å². The quantitative estimate of drug-likeness (QED) is 0.870. The Morgan fingerprint density at radius 3 is 2.64 bits per heavy atom. The van der Waals surface area contributed by atoms with Gasteiger partial charge in [-0.3, -0.25) is 9.78 Å². The van der Waals surface area contributed by atoms with Gasteiger partial charge in [0.2, 0.25) is 0 Å². The van der Waals surface area contributed by atoms with Crippen molar-refractivity contribution in [3.63, 3.8) is 0 Å². The van der Waals surface area contributed by atoms with E-state index >= 15 is 0 Å². The zero-order valence-electron chi connectivity index (χ0n) is 14.4. The molecule has 0 unspecified atom stereocenters. The maximum absolute atomic E-state index is 12.6. The van der Waals surface area contributed by atoms with Gasteiger partial charge in [0.25, 0.3) is 5.91 Å². The highest BCUT2D eigenvalue weighted by atomic mass is 16.5. The molecule has 6 heteroatoms. The van der Waals surface area contributed by atoms with Crippen LogP contribution in [0.2, 0.25) is 0 Å². The van der Waals surface area contributed by atoms with Crippen LogP contribution in [0.3, 0.4) is 0 Å². The average molecular weight is 342 g/mol. The summed E-state index contributed by atoms with van der Waals surface area (Å²) in [7, 11) is 3.12. The van der Waals surface area contributed by atoms with Gasteiger partial charge < -0.3 is 19.5 Å². The number of hydrogen-bond acceptors (Lipinski definition) is 5. The van der Waals surface area contributed by atoms with Crippen LogP contribution in [0.1, 0.15) is 15.9 Å². The SMILES string of the molecule is COc1ccc(C(=O)N[C@H]2COC[C@H]2Cc2ccncc2)cc1OC. The molecule has 2 heterocycles. The van der Waals surface area contributed by atoms with E-state index in [9.17, 15) is 4.79 Å². The lowest BCUT2D eigenvalue weighted by Crippen LogP contribution is -2.40. The lowest BCUT2D eigenvalue weighted by Gasteiger charge is -2.19. The second-order valence-electron chi connectivity index (χ2n) is 6.01. The minimum atomic E-state index is -0.142. The second kappa shape index (κ2) is 7.98. The maximum atomic E-state index is 12.6. The summed E-state index contributed by atoms with van der Waals surface area (Å²) in [5, 5.41) is 3.08. The third kappa shape index (κ3) is 4.09. The first kappa shape index (κ1) is 17.2. The van der Waals surface area contributed by atoms with E-state index in [0.29, 0.717) is 30.3 Å². The van der Waals surface area contributed by atoms with E-state index in [1.165, 1.54) is 5.56 Å². The Morgan fingerprint density at radius 1 is 1.16 bits per heavy atom. The number of nitrogens with one attached hydrogen (secondary N) is 1. The molecule has 0 spiro atoms. The van der Waals surface area contributed by atoms with Crippen LogP contribution >= 0.6 is 0 Å². The van der Waals surface area contributed by atoms with E-state index in [0.717, 1.165) is 6.42 Å². The van der Waals surface area contributed by atoms with Gasteiger partial charge in [-0.15, -0.1) is 0 Å². The Bertz CT molecular complexity index is 721. The standard InChI is InChI=1S/C19H22N2O4/c1-23-17-4-3-14(10-18(17)24-2)19(22)21-16-12-25-11-15(16)9-13-5-7-20-8-6-13/h3-8,10,15-16H,9,11-12H2,1-2H3,(H,21,22)/t15-,16+/m1/s1. The molecule has 0 bridgehead atoms. The van der Waals surface area contributed by atoms with E-state index < -0.39 is 0 Å². The molecular formula is C19H22N2O4. The van der Waals surface area contributed by atoms with Gasteiger partial charge in [0.1, 0.15) is 0 Å². The molecule has 0 radical (unpaired) electrons. The molecule has 1 amide bonds. The van der Waals surface area contributed by atoms with Gasteiger partial charge in [-0.2, -0.15) is 0 Å². The Balaban J connectivity index is 1.67. The number of rotatable bonds is 6. The van der Waals surface area contributed by atoms with Gasteiger partial charge in [0, 0.05) is 23.9 Å². The van der Waals surface area contributed by atoms with Gasteiger partial charge in [0.05, 0.1) is 33.5 Å². The van der Waals surface area contributed by atoms with Crippen molar-refractivity contribution in [2.45, 2.75) is 12.5 Å². The molecule has 1 aliphatic rings. The minimum Gasteiger partial charge on any atom is -0.493 e. The molecule has 2 atom stereocenters. The molecule has 1 aromatic heterocycles. The molecule has 1 fully saturated rings. The zero-order chi connectivity index (χ0) is 17.6. The van der Waals surface area contributed by atoms with Crippen molar-refractivity contribution in [2.75, 3.05) is 27.4 Å². The first-order valence-electron chi connectivity index (χ1n) is 8.20. The predicted molar refractivity (Wildman–Crippen MR) is 93.1 cm³/mol. The van der Waals surface area contributed by atoms with Gasteiger partial charge in [-0.05, 0) is 42.3 Å². The van der Waals surface area contributed by atoms with Crippen molar-refractivity contribution in [1.29, 1.82) is 0 Å².